The molecule has 3 nitrogen and oxygen atoms in total. The number of aliphatic imine (C=N–C) groups is 1. The second kappa shape index (κ2) is 9.19. The Kier molecular flexibility index (Phi) is 7.60. The number of amidine groups is 1. The summed E-state index contributed by atoms with van der Waals surface area (Å²) in [5.41, 5.74) is 8.95. The quantitative estimate of drug-likeness (QED) is 0.665. The molecule has 0 spiro atoms. The zero-order valence-corrected chi connectivity index (χ0v) is 14.3. The van der Waals surface area contributed by atoms with Crippen LogP contribution in [0.1, 0.15) is 22.3 Å². The maximum absolute atomic E-state index is 13.7. The van der Waals surface area contributed by atoms with Gasteiger partial charge in [-0.3, -0.25) is 4.99 Å². The van der Waals surface area contributed by atoms with E-state index in [1.807, 2.05) is 37.3 Å². The van der Waals surface area contributed by atoms with Crippen LogP contribution in [0, 0.1) is 24.1 Å². The molecule has 6 heteroatoms. The molecule has 0 aliphatic heterocycles. The van der Waals surface area contributed by atoms with Gasteiger partial charge in [0.15, 0.2) is 5.17 Å². The summed E-state index contributed by atoms with van der Waals surface area (Å²) < 4.78 is 13.7. The lowest BCUT2D eigenvalue weighted by molar-refractivity contribution is 0.617. The molecule has 0 heterocycles. The van der Waals surface area contributed by atoms with Crippen LogP contribution in [0.5, 0.6) is 0 Å². The van der Waals surface area contributed by atoms with Crippen molar-refractivity contribution in [1.82, 2.24) is 0 Å². The van der Waals surface area contributed by atoms with Crippen LogP contribution in [0.4, 0.5) is 4.39 Å². The fraction of sp³-hybridized carbons (Fsp3) is 0.176. The van der Waals surface area contributed by atoms with Crippen LogP contribution in [0.25, 0.3) is 0 Å². The Morgan fingerprint density at radius 2 is 1.96 bits per heavy atom. The third-order valence-corrected chi connectivity index (χ3v) is 3.98. The van der Waals surface area contributed by atoms with Gasteiger partial charge in [-0.25, -0.2) is 4.39 Å². The lowest BCUT2D eigenvalue weighted by Gasteiger charge is -2.04. The maximum Gasteiger partial charge on any atom is 0.154 e. The highest BCUT2D eigenvalue weighted by Gasteiger charge is 2.05. The fourth-order valence-electron chi connectivity index (χ4n) is 1.79. The first-order valence-electron chi connectivity index (χ1n) is 6.75. The van der Waals surface area contributed by atoms with Crippen molar-refractivity contribution in [2.45, 2.75) is 19.2 Å². The van der Waals surface area contributed by atoms with Gasteiger partial charge in [0.1, 0.15) is 5.82 Å². The molecule has 120 valence electrons. The number of nitrogens with two attached hydrogens (primary N) is 1. The van der Waals surface area contributed by atoms with Gasteiger partial charge in [-0.15, -0.1) is 12.4 Å². The van der Waals surface area contributed by atoms with Gasteiger partial charge in [0.05, 0.1) is 18.2 Å². The van der Waals surface area contributed by atoms with Crippen LogP contribution in [-0.4, -0.2) is 5.17 Å². The fourth-order valence-corrected chi connectivity index (χ4v) is 2.49. The van der Waals surface area contributed by atoms with Crippen molar-refractivity contribution in [1.29, 1.82) is 5.26 Å². The zero-order valence-electron chi connectivity index (χ0n) is 12.6. The predicted molar refractivity (Wildman–Crippen MR) is 96.2 cm³/mol. The molecule has 0 bridgehead atoms. The second-order valence-corrected chi connectivity index (χ2v) is 5.84. The summed E-state index contributed by atoms with van der Waals surface area (Å²) in [4.78, 5) is 4.29. The van der Waals surface area contributed by atoms with E-state index in [0.717, 1.165) is 5.56 Å². The molecule has 0 aliphatic rings. The van der Waals surface area contributed by atoms with Gasteiger partial charge in [-0.1, -0.05) is 47.7 Å². The summed E-state index contributed by atoms with van der Waals surface area (Å²) in [7, 11) is 0. The van der Waals surface area contributed by atoms with Crippen molar-refractivity contribution in [3.8, 4) is 6.07 Å². The van der Waals surface area contributed by atoms with Crippen LogP contribution in [0.2, 0.25) is 0 Å². The lowest BCUT2D eigenvalue weighted by Crippen LogP contribution is -2.07. The highest BCUT2D eigenvalue weighted by atomic mass is 35.5. The van der Waals surface area contributed by atoms with Crippen molar-refractivity contribution in [3.05, 3.63) is 70.5 Å². The molecule has 0 atom stereocenters. The van der Waals surface area contributed by atoms with Gasteiger partial charge in [0.2, 0.25) is 0 Å². The van der Waals surface area contributed by atoms with Crippen LogP contribution in [0.3, 0.4) is 0 Å². The van der Waals surface area contributed by atoms with Crippen LogP contribution >= 0.6 is 24.2 Å². The predicted octanol–water partition coefficient (Wildman–Crippen LogP) is 4.18. The number of rotatable bonds is 4. The zero-order chi connectivity index (χ0) is 15.9. The summed E-state index contributed by atoms with van der Waals surface area (Å²) in [6.45, 7) is 2.54. The molecular weight excluding hydrogens is 333 g/mol. The van der Waals surface area contributed by atoms with E-state index in [0.29, 0.717) is 28.6 Å². The molecule has 2 aromatic carbocycles. The number of nitrogens with zero attached hydrogens (tertiary/aromatic N) is 2. The van der Waals surface area contributed by atoms with Gasteiger partial charge in [0.25, 0.3) is 0 Å². The number of benzene rings is 2. The summed E-state index contributed by atoms with van der Waals surface area (Å²) in [5, 5.41) is 9.13. The number of nitriles is 1. The summed E-state index contributed by atoms with van der Waals surface area (Å²) in [5.74, 6) is -0.00119. The number of thioether (sulfide) groups is 1. The van der Waals surface area contributed by atoms with Crippen molar-refractivity contribution in [2.24, 2.45) is 10.7 Å². The van der Waals surface area contributed by atoms with Crippen LogP contribution < -0.4 is 5.73 Å². The van der Waals surface area contributed by atoms with E-state index in [2.05, 4.69) is 4.99 Å². The SMILES string of the molecule is Cc1ccc(CN=C(N)SCc2ccc(C#N)cc2F)cc1.Cl. The van der Waals surface area contributed by atoms with E-state index in [9.17, 15) is 4.39 Å². The molecule has 0 unspecified atom stereocenters. The van der Waals surface area contributed by atoms with E-state index in [-0.39, 0.29) is 12.4 Å². The number of halogens is 2. The smallest absolute Gasteiger partial charge is 0.154 e. The monoisotopic (exact) mass is 349 g/mol. The average Bonchev–Trinajstić information content (AvgIpc) is 2.53. The van der Waals surface area contributed by atoms with Gasteiger partial charge in [-0.05, 0) is 30.2 Å². The maximum atomic E-state index is 13.7. The van der Waals surface area contributed by atoms with E-state index >= 15 is 0 Å². The van der Waals surface area contributed by atoms with Crippen molar-refractivity contribution in [3.63, 3.8) is 0 Å². The highest BCUT2D eigenvalue weighted by molar-refractivity contribution is 8.13. The Hall–Kier alpha value is -2.03. The van der Waals surface area contributed by atoms with E-state index in [4.69, 9.17) is 11.0 Å². The molecule has 23 heavy (non-hydrogen) atoms. The minimum Gasteiger partial charge on any atom is -0.379 e. The molecule has 2 N–H and O–H groups in total. The Morgan fingerprint density at radius 3 is 2.57 bits per heavy atom. The van der Waals surface area contributed by atoms with Gasteiger partial charge in [-0.2, -0.15) is 5.26 Å². The molecular formula is C17H17ClFN3S. The Bertz CT molecular complexity index is 724. The summed E-state index contributed by atoms with van der Waals surface area (Å²) >= 11 is 1.28. The standard InChI is InChI=1S/C17H16FN3S.ClH/c1-12-2-4-13(5-3-12)10-21-17(20)22-11-15-7-6-14(9-19)8-16(15)18;/h2-8H,10-11H2,1H3,(H2,20,21);1H. The summed E-state index contributed by atoms with van der Waals surface area (Å²) in [6.07, 6.45) is 0. The number of hydrogen-bond acceptors (Lipinski definition) is 3. The molecule has 2 aromatic rings. The molecule has 0 saturated carbocycles. The lowest BCUT2D eigenvalue weighted by atomic mass is 10.1. The second-order valence-electron chi connectivity index (χ2n) is 4.85. The molecule has 0 amide bonds. The van der Waals surface area contributed by atoms with E-state index < -0.39 is 5.82 Å². The minimum absolute atomic E-state index is 0. The molecule has 0 saturated heterocycles. The van der Waals surface area contributed by atoms with Crippen LogP contribution in [0.15, 0.2) is 47.5 Å². The third kappa shape index (κ3) is 5.93. The topological polar surface area (TPSA) is 62.2 Å². The Labute approximate surface area is 145 Å². The molecule has 0 aliphatic carbocycles. The Morgan fingerprint density at radius 1 is 1.26 bits per heavy atom. The van der Waals surface area contributed by atoms with Crippen molar-refractivity contribution < 1.29 is 4.39 Å². The molecule has 0 fully saturated rings. The molecule has 2 rings (SSSR count). The molecule has 0 aromatic heterocycles. The highest BCUT2D eigenvalue weighted by Crippen LogP contribution is 2.17. The largest absolute Gasteiger partial charge is 0.379 e. The van der Waals surface area contributed by atoms with Crippen LogP contribution in [-0.2, 0) is 12.3 Å². The number of aryl methyl sites for hydroxylation is 1. The molecule has 0 radical (unpaired) electrons. The van der Waals surface area contributed by atoms with Gasteiger partial charge in [0, 0.05) is 5.75 Å². The van der Waals surface area contributed by atoms with Gasteiger partial charge < -0.3 is 5.73 Å². The minimum atomic E-state index is -0.391. The number of hydrogen-bond donors (Lipinski definition) is 1. The first-order valence-corrected chi connectivity index (χ1v) is 7.74. The average molecular weight is 350 g/mol. The van der Waals surface area contributed by atoms with Crippen molar-refractivity contribution >= 4 is 29.3 Å². The van der Waals surface area contributed by atoms with Crippen molar-refractivity contribution in [2.75, 3.05) is 0 Å². The normalized spacial score (nSPS) is 10.7. The van der Waals surface area contributed by atoms with E-state index in [1.165, 1.54) is 23.4 Å². The third-order valence-electron chi connectivity index (χ3n) is 3.10. The Balaban J connectivity index is 0.00000264. The summed E-state index contributed by atoms with van der Waals surface area (Å²) in [6, 6.07) is 14.4. The first-order chi connectivity index (χ1) is 10.6. The first kappa shape index (κ1) is 19.0. The van der Waals surface area contributed by atoms with Gasteiger partial charge >= 0.3 is 0 Å². The van der Waals surface area contributed by atoms with E-state index in [1.54, 1.807) is 12.1 Å².